The fraction of sp³-hybridized carbons (Fsp3) is 0.533. The standard InChI is InChI=1S/C15H24N2O2S/c1-20-10-4-2-3-9-17-11-13-5-7-14(8-6-13)19-12-15(16)18/h5-8,17H,2-4,9-12H2,1H3,(H2,16,18). The van der Waals surface area contributed by atoms with Crippen molar-refractivity contribution in [3.05, 3.63) is 29.8 Å². The molecular formula is C15H24N2O2S. The maximum absolute atomic E-state index is 10.6. The number of rotatable bonds is 11. The molecule has 112 valence electrons. The van der Waals surface area contributed by atoms with Crippen LogP contribution in [0.25, 0.3) is 0 Å². The zero-order chi connectivity index (χ0) is 14.6. The summed E-state index contributed by atoms with van der Waals surface area (Å²) in [6.07, 6.45) is 5.96. The zero-order valence-electron chi connectivity index (χ0n) is 12.1. The van der Waals surface area contributed by atoms with Crippen molar-refractivity contribution in [2.45, 2.75) is 25.8 Å². The molecule has 0 spiro atoms. The maximum atomic E-state index is 10.6. The Balaban J connectivity index is 2.13. The Labute approximate surface area is 125 Å². The summed E-state index contributed by atoms with van der Waals surface area (Å²) < 4.78 is 5.21. The normalized spacial score (nSPS) is 10.4. The molecule has 0 atom stereocenters. The molecule has 0 aliphatic carbocycles. The summed E-state index contributed by atoms with van der Waals surface area (Å²) in [4.78, 5) is 10.6. The van der Waals surface area contributed by atoms with E-state index in [1.165, 1.54) is 30.6 Å². The smallest absolute Gasteiger partial charge is 0.255 e. The van der Waals surface area contributed by atoms with E-state index in [0.717, 1.165) is 13.1 Å². The third kappa shape index (κ3) is 8.07. The molecule has 0 aliphatic rings. The van der Waals surface area contributed by atoms with Gasteiger partial charge in [-0.2, -0.15) is 11.8 Å². The Hall–Kier alpha value is -1.20. The first kappa shape index (κ1) is 16.9. The molecule has 0 saturated heterocycles. The molecule has 0 bridgehead atoms. The topological polar surface area (TPSA) is 64.3 Å². The third-order valence-corrected chi connectivity index (χ3v) is 3.53. The highest BCUT2D eigenvalue weighted by Gasteiger charge is 1.98. The molecule has 3 N–H and O–H groups in total. The Bertz CT molecular complexity index is 382. The Morgan fingerprint density at radius 1 is 1.25 bits per heavy atom. The van der Waals surface area contributed by atoms with E-state index in [-0.39, 0.29) is 6.61 Å². The molecule has 5 heteroatoms. The van der Waals surface area contributed by atoms with E-state index in [1.54, 1.807) is 0 Å². The van der Waals surface area contributed by atoms with Gasteiger partial charge in [0.2, 0.25) is 0 Å². The summed E-state index contributed by atoms with van der Waals surface area (Å²) in [5.41, 5.74) is 6.23. The van der Waals surface area contributed by atoms with E-state index in [9.17, 15) is 4.79 Å². The second kappa shape index (κ2) is 10.6. The van der Waals surface area contributed by atoms with Crippen molar-refractivity contribution in [3.8, 4) is 5.75 Å². The SMILES string of the molecule is CSCCCCCNCc1ccc(OCC(N)=O)cc1. The minimum Gasteiger partial charge on any atom is -0.484 e. The lowest BCUT2D eigenvalue weighted by Crippen LogP contribution is -2.20. The lowest BCUT2D eigenvalue weighted by atomic mass is 10.2. The molecule has 0 unspecified atom stereocenters. The van der Waals surface area contributed by atoms with Crippen molar-refractivity contribution in [1.29, 1.82) is 0 Å². The van der Waals surface area contributed by atoms with Crippen LogP contribution in [0, 0.1) is 0 Å². The lowest BCUT2D eigenvalue weighted by molar-refractivity contribution is -0.119. The van der Waals surface area contributed by atoms with Gasteiger partial charge < -0.3 is 15.8 Å². The number of nitrogens with two attached hydrogens (primary N) is 1. The van der Waals surface area contributed by atoms with Gasteiger partial charge in [0.05, 0.1) is 0 Å². The first-order valence-corrected chi connectivity index (χ1v) is 8.31. The second-order valence-corrected chi connectivity index (χ2v) is 5.61. The van der Waals surface area contributed by atoms with Crippen molar-refractivity contribution >= 4 is 17.7 Å². The average molecular weight is 296 g/mol. The number of amides is 1. The van der Waals surface area contributed by atoms with E-state index in [0.29, 0.717) is 5.75 Å². The summed E-state index contributed by atoms with van der Waals surface area (Å²) in [5.74, 6) is 1.47. The minimum atomic E-state index is -0.461. The largest absolute Gasteiger partial charge is 0.484 e. The predicted octanol–water partition coefficient (Wildman–Crippen LogP) is 2.17. The van der Waals surface area contributed by atoms with E-state index in [4.69, 9.17) is 10.5 Å². The summed E-state index contributed by atoms with van der Waals surface area (Å²) in [6, 6.07) is 7.71. The van der Waals surface area contributed by atoms with Crippen LogP contribution in [0.4, 0.5) is 0 Å². The first-order chi connectivity index (χ1) is 9.72. The molecule has 0 heterocycles. The van der Waals surface area contributed by atoms with Crippen LogP contribution in [0.5, 0.6) is 5.75 Å². The van der Waals surface area contributed by atoms with Crippen molar-refractivity contribution < 1.29 is 9.53 Å². The molecule has 0 radical (unpaired) electrons. The molecule has 1 rings (SSSR count). The summed E-state index contributed by atoms with van der Waals surface area (Å²) >= 11 is 1.91. The molecule has 1 aromatic carbocycles. The van der Waals surface area contributed by atoms with Gasteiger partial charge in [0, 0.05) is 6.54 Å². The van der Waals surface area contributed by atoms with Crippen LogP contribution in [0.3, 0.4) is 0 Å². The Kier molecular flexibility index (Phi) is 8.91. The highest BCUT2D eigenvalue weighted by molar-refractivity contribution is 7.98. The van der Waals surface area contributed by atoms with Gasteiger partial charge in [0.25, 0.3) is 5.91 Å². The van der Waals surface area contributed by atoms with E-state index in [1.807, 2.05) is 36.0 Å². The van der Waals surface area contributed by atoms with E-state index >= 15 is 0 Å². The minimum absolute atomic E-state index is 0.0758. The van der Waals surface area contributed by atoms with Gasteiger partial charge in [-0.15, -0.1) is 0 Å². The van der Waals surface area contributed by atoms with Crippen molar-refractivity contribution in [2.24, 2.45) is 5.73 Å². The quantitative estimate of drug-likeness (QED) is 0.614. The van der Waals surface area contributed by atoms with E-state index < -0.39 is 5.91 Å². The number of thioether (sulfide) groups is 1. The fourth-order valence-electron chi connectivity index (χ4n) is 1.76. The molecular weight excluding hydrogens is 272 g/mol. The summed E-state index contributed by atoms with van der Waals surface area (Å²) in [7, 11) is 0. The summed E-state index contributed by atoms with van der Waals surface area (Å²) in [5, 5.41) is 3.43. The number of hydrogen-bond donors (Lipinski definition) is 2. The number of benzene rings is 1. The maximum Gasteiger partial charge on any atom is 0.255 e. The molecule has 4 nitrogen and oxygen atoms in total. The first-order valence-electron chi connectivity index (χ1n) is 6.92. The second-order valence-electron chi connectivity index (χ2n) is 4.63. The van der Waals surface area contributed by atoms with E-state index in [2.05, 4.69) is 11.6 Å². The van der Waals surface area contributed by atoms with Crippen molar-refractivity contribution in [2.75, 3.05) is 25.2 Å². The molecule has 20 heavy (non-hydrogen) atoms. The van der Waals surface area contributed by atoms with Crippen LogP contribution in [0.15, 0.2) is 24.3 Å². The van der Waals surface area contributed by atoms with Gasteiger partial charge in [0.1, 0.15) is 5.75 Å². The lowest BCUT2D eigenvalue weighted by Gasteiger charge is -2.07. The fourth-order valence-corrected chi connectivity index (χ4v) is 2.26. The Morgan fingerprint density at radius 3 is 2.65 bits per heavy atom. The van der Waals surface area contributed by atoms with Crippen LogP contribution in [0.1, 0.15) is 24.8 Å². The number of hydrogen-bond acceptors (Lipinski definition) is 4. The molecule has 1 aromatic rings. The highest BCUT2D eigenvalue weighted by Crippen LogP contribution is 2.11. The number of ether oxygens (including phenoxy) is 1. The van der Waals surface area contributed by atoms with Crippen LogP contribution < -0.4 is 15.8 Å². The average Bonchev–Trinajstić information content (AvgIpc) is 2.45. The van der Waals surface area contributed by atoms with Gasteiger partial charge in [0.15, 0.2) is 6.61 Å². The molecule has 0 saturated carbocycles. The zero-order valence-corrected chi connectivity index (χ0v) is 12.9. The van der Waals surface area contributed by atoms with Gasteiger partial charge in [-0.1, -0.05) is 18.6 Å². The third-order valence-electron chi connectivity index (χ3n) is 2.84. The predicted molar refractivity (Wildman–Crippen MR) is 85.1 cm³/mol. The number of nitrogens with one attached hydrogen (secondary N) is 1. The molecule has 0 fully saturated rings. The number of carbonyl (C=O) groups is 1. The number of primary amides is 1. The van der Waals surface area contributed by atoms with Crippen molar-refractivity contribution in [3.63, 3.8) is 0 Å². The molecule has 0 aromatic heterocycles. The van der Waals surface area contributed by atoms with Crippen LogP contribution >= 0.6 is 11.8 Å². The molecule has 1 amide bonds. The van der Waals surface area contributed by atoms with Gasteiger partial charge in [-0.05, 0) is 49.1 Å². The van der Waals surface area contributed by atoms with Crippen molar-refractivity contribution in [1.82, 2.24) is 5.32 Å². The van der Waals surface area contributed by atoms with Gasteiger partial charge >= 0.3 is 0 Å². The van der Waals surface area contributed by atoms with Crippen LogP contribution in [-0.4, -0.2) is 31.1 Å². The van der Waals surface area contributed by atoms with Crippen LogP contribution in [0.2, 0.25) is 0 Å². The van der Waals surface area contributed by atoms with Crippen LogP contribution in [-0.2, 0) is 11.3 Å². The number of unbranched alkanes of at least 4 members (excludes halogenated alkanes) is 2. The molecule has 0 aliphatic heterocycles. The van der Waals surface area contributed by atoms with Gasteiger partial charge in [-0.3, -0.25) is 4.79 Å². The number of carbonyl (C=O) groups excluding carboxylic acids is 1. The Morgan fingerprint density at radius 2 is 2.00 bits per heavy atom. The monoisotopic (exact) mass is 296 g/mol. The summed E-state index contributed by atoms with van der Waals surface area (Å²) in [6.45, 7) is 1.83. The van der Waals surface area contributed by atoms with Gasteiger partial charge in [-0.25, -0.2) is 0 Å². The highest BCUT2D eigenvalue weighted by atomic mass is 32.2.